The third-order valence-corrected chi connectivity index (χ3v) is 6.26. The van der Waals surface area contributed by atoms with Gasteiger partial charge in [-0.05, 0) is 37.5 Å². The van der Waals surface area contributed by atoms with Crippen molar-refractivity contribution in [2.75, 3.05) is 20.2 Å². The van der Waals surface area contributed by atoms with Crippen LogP contribution in [0.25, 0.3) is 0 Å². The fraction of sp³-hybridized carbons (Fsp3) is 0.500. The first-order valence-electron chi connectivity index (χ1n) is 7.96. The average Bonchev–Trinajstić information content (AvgIpc) is 3.04. The van der Waals surface area contributed by atoms with E-state index in [1.165, 1.54) is 0 Å². The highest BCUT2D eigenvalue weighted by Gasteiger charge is 2.30. The summed E-state index contributed by atoms with van der Waals surface area (Å²) in [5, 5.41) is 8.00. The Morgan fingerprint density at radius 2 is 2.04 bits per heavy atom. The van der Waals surface area contributed by atoms with E-state index in [0.717, 1.165) is 24.2 Å². The summed E-state index contributed by atoms with van der Waals surface area (Å²) in [6.07, 6.45) is 3.17. The summed E-state index contributed by atoms with van der Waals surface area (Å²) in [6.45, 7) is 3.29. The van der Waals surface area contributed by atoms with Crippen LogP contribution in [0.3, 0.4) is 0 Å². The van der Waals surface area contributed by atoms with Gasteiger partial charge in [-0.2, -0.15) is 4.31 Å². The summed E-state index contributed by atoms with van der Waals surface area (Å²) < 4.78 is 34.3. The third kappa shape index (κ3) is 3.35. The van der Waals surface area contributed by atoms with Gasteiger partial charge in [-0.3, -0.25) is 0 Å². The van der Waals surface area contributed by atoms with E-state index in [1.54, 1.807) is 35.9 Å². The molecule has 1 fully saturated rings. The lowest BCUT2D eigenvalue weighted by molar-refractivity contribution is 0.167. The van der Waals surface area contributed by atoms with Crippen molar-refractivity contribution in [1.29, 1.82) is 0 Å². The van der Waals surface area contributed by atoms with Gasteiger partial charge in [0, 0.05) is 26.2 Å². The number of ether oxygens (including phenoxy) is 1. The lowest BCUT2D eigenvalue weighted by Gasteiger charge is -2.32. The van der Waals surface area contributed by atoms with Crippen molar-refractivity contribution in [3.63, 3.8) is 0 Å². The van der Waals surface area contributed by atoms with Crippen LogP contribution in [0.5, 0.6) is 0 Å². The Morgan fingerprint density at radius 1 is 1.29 bits per heavy atom. The second-order valence-electron chi connectivity index (χ2n) is 6.04. The van der Waals surface area contributed by atoms with E-state index in [-0.39, 0.29) is 6.04 Å². The van der Waals surface area contributed by atoms with Crippen LogP contribution in [0.15, 0.2) is 35.5 Å². The van der Waals surface area contributed by atoms with Crippen molar-refractivity contribution < 1.29 is 13.2 Å². The number of nitrogens with zero attached hydrogens (tertiary/aromatic N) is 4. The van der Waals surface area contributed by atoms with Crippen molar-refractivity contribution in [2.24, 2.45) is 0 Å². The minimum atomic E-state index is -3.43. The Morgan fingerprint density at radius 3 is 2.71 bits per heavy atom. The molecule has 1 aromatic carbocycles. The molecule has 0 radical (unpaired) electrons. The van der Waals surface area contributed by atoms with Crippen LogP contribution < -0.4 is 0 Å². The van der Waals surface area contributed by atoms with E-state index in [2.05, 4.69) is 10.2 Å². The van der Waals surface area contributed by atoms with Crippen molar-refractivity contribution in [1.82, 2.24) is 19.1 Å². The number of hydrogen-bond acceptors (Lipinski definition) is 5. The topological polar surface area (TPSA) is 77.3 Å². The maximum Gasteiger partial charge on any atom is 0.243 e. The fourth-order valence-corrected chi connectivity index (χ4v) is 4.66. The molecule has 3 rings (SSSR count). The lowest BCUT2D eigenvalue weighted by atomic mass is 10.1. The number of aryl methyl sites for hydroxylation is 1. The molecular weight excluding hydrogens is 328 g/mol. The van der Waals surface area contributed by atoms with E-state index in [0.29, 0.717) is 24.6 Å². The first-order chi connectivity index (χ1) is 11.5. The Balaban J connectivity index is 1.72. The highest BCUT2D eigenvalue weighted by atomic mass is 32.2. The molecule has 2 heterocycles. The van der Waals surface area contributed by atoms with Crippen LogP contribution in [-0.2, 0) is 21.4 Å². The van der Waals surface area contributed by atoms with Gasteiger partial charge in [0.25, 0.3) is 0 Å². The summed E-state index contributed by atoms with van der Waals surface area (Å²) in [7, 11) is -1.81. The Bertz CT molecular complexity index is 795. The standard InChI is InChI=1S/C16H22N4O3S/c1-13-4-3-5-15(10-13)24(21,22)19-8-6-14(7-9-19)20-12-17-18-16(20)11-23-2/h3-5,10,12,14H,6-9,11H2,1-2H3. The summed E-state index contributed by atoms with van der Waals surface area (Å²) in [5.74, 6) is 0.775. The van der Waals surface area contributed by atoms with Crippen LogP contribution in [0.1, 0.15) is 30.3 Å². The van der Waals surface area contributed by atoms with Gasteiger partial charge in [0.05, 0.1) is 4.90 Å². The summed E-state index contributed by atoms with van der Waals surface area (Å²) in [4.78, 5) is 0.366. The predicted octanol–water partition coefficient (Wildman–Crippen LogP) is 1.76. The predicted molar refractivity (Wildman–Crippen MR) is 88.9 cm³/mol. The molecule has 8 heteroatoms. The zero-order chi connectivity index (χ0) is 17.2. The summed E-state index contributed by atoms with van der Waals surface area (Å²) in [5.41, 5.74) is 0.944. The zero-order valence-electron chi connectivity index (χ0n) is 13.9. The smallest absolute Gasteiger partial charge is 0.243 e. The third-order valence-electron chi connectivity index (χ3n) is 4.36. The second kappa shape index (κ2) is 7.00. The molecule has 0 amide bonds. The maximum absolute atomic E-state index is 12.8. The average molecular weight is 350 g/mol. The van der Waals surface area contributed by atoms with Crippen LogP contribution in [-0.4, -0.2) is 47.7 Å². The highest BCUT2D eigenvalue weighted by molar-refractivity contribution is 7.89. The van der Waals surface area contributed by atoms with Gasteiger partial charge in [-0.15, -0.1) is 10.2 Å². The van der Waals surface area contributed by atoms with E-state index in [9.17, 15) is 8.42 Å². The molecular formula is C16H22N4O3S. The van der Waals surface area contributed by atoms with Gasteiger partial charge in [0.1, 0.15) is 12.9 Å². The minimum Gasteiger partial charge on any atom is -0.377 e. The second-order valence-corrected chi connectivity index (χ2v) is 7.98. The van der Waals surface area contributed by atoms with Crippen molar-refractivity contribution >= 4 is 10.0 Å². The van der Waals surface area contributed by atoms with Crippen LogP contribution in [0.4, 0.5) is 0 Å². The Labute approximate surface area is 142 Å². The zero-order valence-corrected chi connectivity index (χ0v) is 14.7. The number of benzene rings is 1. The van der Waals surface area contributed by atoms with Crippen LogP contribution in [0.2, 0.25) is 0 Å². The fourth-order valence-electron chi connectivity index (χ4n) is 3.09. The quantitative estimate of drug-likeness (QED) is 0.821. The van der Waals surface area contributed by atoms with E-state index >= 15 is 0 Å². The molecule has 0 aliphatic carbocycles. The Kier molecular flexibility index (Phi) is 4.98. The number of hydrogen-bond donors (Lipinski definition) is 0. The first kappa shape index (κ1) is 17.1. The van der Waals surface area contributed by atoms with Crippen molar-refractivity contribution in [3.8, 4) is 0 Å². The molecule has 24 heavy (non-hydrogen) atoms. The molecule has 0 spiro atoms. The molecule has 130 valence electrons. The van der Waals surface area contributed by atoms with E-state index < -0.39 is 10.0 Å². The maximum atomic E-state index is 12.8. The molecule has 1 aliphatic heterocycles. The monoisotopic (exact) mass is 350 g/mol. The highest BCUT2D eigenvalue weighted by Crippen LogP contribution is 2.27. The van der Waals surface area contributed by atoms with Crippen LogP contribution in [0, 0.1) is 6.92 Å². The summed E-state index contributed by atoms with van der Waals surface area (Å²) >= 11 is 0. The molecule has 0 atom stereocenters. The minimum absolute atomic E-state index is 0.203. The molecule has 1 aromatic heterocycles. The molecule has 0 unspecified atom stereocenters. The van der Waals surface area contributed by atoms with Gasteiger partial charge in [-0.25, -0.2) is 8.42 Å². The normalized spacial score (nSPS) is 17.2. The van der Waals surface area contributed by atoms with Gasteiger partial charge in [-0.1, -0.05) is 12.1 Å². The number of sulfonamides is 1. The van der Waals surface area contributed by atoms with E-state index in [4.69, 9.17) is 4.74 Å². The van der Waals surface area contributed by atoms with Crippen molar-refractivity contribution in [3.05, 3.63) is 42.0 Å². The molecule has 0 saturated carbocycles. The van der Waals surface area contributed by atoms with Crippen LogP contribution >= 0.6 is 0 Å². The molecule has 2 aromatic rings. The number of methoxy groups -OCH3 is 1. The molecule has 0 bridgehead atoms. The lowest BCUT2D eigenvalue weighted by Crippen LogP contribution is -2.39. The SMILES string of the molecule is COCc1nncn1C1CCN(S(=O)(=O)c2cccc(C)c2)CC1. The van der Waals surface area contributed by atoms with Gasteiger partial charge in [0.15, 0.2) is 5.82 Å². The number of piperidine rings is 1. The van der Waals surface area contributed by atoms with Gasteiger partial charge in [0.2, 0.25) is 10.0 Å². The Hall–Kier alpha value is -1.77. The number of aromatic nitrogens is 3. The summed E-state index contributed by atoms with van der Waals surface area (Å²) in [6, 6.07) is 7.26. The molecule has 7 nitrogen and oxygen atoms in total. The van der Waals surface area contributed by atoms with Crippen molar-refractivity contribution in [2.45, 2.75) is 37.3 Å². The van der Waals surface area contributed by atoms with E-state index in [1.807, 2.05) is 17.6 Å². The first-order valence-corrected chi connectivity index (χ1v) is 9.40. The number of rotatable bonds is 5. The van der Waals surface area contributed by atoms with Gasteiger partial charge >= 0.3 is 0 Å². The molecule has 1 saturated heterocycles. The molecule has 1 aliphatic rings. The largest absolute Gasteiger partial charge is 0.377 e. The molecule has 0 N–H and O–H groups in total. The van der Waals surface area contributed by atoms with Gasteiger partial charge < -0.3 is 9.30 Å².